The maximum Gasteiger partial charge on any atom is 0.245 e. The van der Waals surface area contributed by atoms with Crippen LogP contribution in [0.3, 0.4) is 0 Å². The summed E-state index contributed by atoms with van der Waals surface area (Å²) in [4.78, 5) is 18.6. The Morgan fingerprint density at radius 3 is 2.72 bits per heavy atom. The predicted molar refractivity (Wildman–Crippen MR) is 71.4 cm³/mol. The quantitative estimate of drug-likeness (QED) is 0.827. The van der Waals surface area contributed by atoms with Gasteiger partial charge in [-0.15, -0.1) is 0 Å². The fraction of sp³-hybridized carbons (Fsp3) is 0.538. The zero-order valence-corrected chi connectivity index (χ0v) is 10.9. The van der Waals surface area contributed by atoms with Crippen LogP contribution in [0.15, 0.2) is 24.4 Å². The van der Waals surface area contributed by atoms with E-state index in [-0.39, 0.29) is 5.91 Å². The SMILES string of the molecule is CC(C)(C(=O)Nc1ccccn1)N1CCNCC1. The van der Waals surface area contributed by atoms with Crippen LogP contribution in [0.2, 0.25) is 0 Å². The number of hydrogen-bond donors (Lipinski definition) is 2. The standard InChI is InChI=1S/C13H20N4O/c1-13(2,17-9-7-14-8-10-17)12(18)16-11-5-3-4-6-15-11/h3-6,14H,7-10H2,1-2H3,(H,15,16,18). The molecule has 18 heavy (non-hydrogen) atoms. The number of hydrogen-bond acceptors (Lipinski definition) is 4. The first kappa shape index (κ1) is 13.0. The summed E-state index contributed by atoms with van der Waals surface area (Å²) in [5.41, 5.74) is -0.514. The Balaban J connectivity index is 2.02. The van der Waals surface area contributed by atoms with Crippen molar-refractivity contribution < 1.29 is 4.79 Å². The molecule has 2 rings (SSSR count). The van der Waals surface area contributed by atoms with Crippen molar-refractivity contribution in [2.24, 2.45) is 0 Å². The fourth-order valence-electron chi connectivity index (χ4n) is 2.07. The van der Waals surface area contributed by atoms with E-state index in [1.165, 1.54) is 0 Å². The predicted octanol–water partition coefficient (Wildman–Crippen LogP) is 0.704. The van der Waals surface area contributed by atoms with E-state index in [0.29, 0.717) is 5.82 Å². The Bertz CT molecular complexity index is 399. The van der Waals surface area contributed by atoms with Crippen LogP contribution in [0.1, 0.15) is 13.8 Å². The average molecular weight is 248 g/mol. The molecule has 1 aromatic heterocycles. The molecular weight excluding hydrogens is 228 g/mol. The molecule has 2 N–H and O–H groups in total. The third-order valence-corrected chi connectivity index (χ3v) is 3.37. The molecule has 0 spiro atoms. The van der Waals surface area contributed by atoms with Crippen molar-refractivity contribution in [1.82, 2.24) is 15.2 Å². The van der Waals surface area contributed by atoms with Gasteiger partial charge in [0, 0.05) is 32.4 Å². The highest BCUT2D eigenvalue weighted by Crippen LogP contribution is 2.17. The van der Waals surface area contributed by atoms with Crippen LogP contribution in [0.4, 0.5) is 5.82 Å². The lowest BCUT2D eigenvalue weighted by Crippen LogP contribution is -2.58. The molecule has 0 unspecified atom stereocenters. The molecule has 1 aromatic rings. The van der Waals surface area contributed by atoms with Crippen molar-refractivity contribution in [3.8, 4) is 0 Å². The Hall–Kier alpha value is -1.46. The molecule has 0 radical (unpaired) electrons. The van der Waals surface area contributed by atoms with Crippen LogP contribution < -0.4 is 10.6 Å². The summed E-state index contributed by atoms with van der Waals surface area (Å²) >= 11 is 0. The number of nitrogens with one attached hydrogen (secondary N) is 2. The monoisotopic (exact) mass is 248 g/mol. The third-order valence-electron chi connectivity index (χ3n) is 3.37. The highest BCUT2D eigenvalue weighted by Gasteiger charge is 2.35. The minimum Gasteiger partial charge on any atom is -0.314 e. The van der Waals surface area contributed by atoms with Crippen molar-refractivity contribution in [2.75, 3.05) is 31.5 Å². The van der Waals surface area contributed by atoms with Crippen molar-refractivity contribution in [3.05, 3.63) is 24.4 Å². The molecule has 0 aromatic carbocycles. The third kappa shape index (κ3) is 2.86. The average Bonchev–Trinajstić information content (AvgIpc) is 2.41. The number of pyridine rings is 1. The van der Waals surface area contributed by atoms with Crippen molar-refractivity contribution in [3.63, 3.8) is 0 Å². The summed E-state index contributed by atoms with van der Waals surface area (Å²) in [5.74, 6) is 0.591. The first-order valence-electron chi connectivity index (χ1n) is 6.29. The molecule has 0 atom stereocenters. The molecule has 5 nitrogen and oxygen atoms in total. The van der Waals surface area contributed by atoms with Crippen LogP contribution >= 0.6 is 0 Å². The molecule has 2 heterocycles. The molecule has 0 saturated carbocycles. The van der Waals surface area contributed by atoms with Crippen LogP contribution in [0.5, 0.6) is 0 Å². The summed E-state index contributed by atoms with van der Waals surface area (Å²) in [6.07, 6.45) is 1.67. The van der Waals surface area contributed by atoms with Gasteiger partial charge in [-0.2, -0.15) is 0 Å². The summed E-state index contributed by atoms with van der Waals surface area (Å²) in [5, 5.41) is 6.16. The molecule has 1 saturated heterocycles. The number of carbonyl (C=O) groups excluding carboxylic acids is 1. The Labute approximate surface area is 108 Å². The van der Waals surface area contributed by atoms with Crippen LogP contribution in [0.25, 0.3) is 0 Å². The second-order valence-electron chi connectivity index (χ2n) is 4.97. The van der Waals surface area contributed by atoms with Gasteiger partial charge in [-0.25, -0.2) is 4.98 Å². The molecular formula is C13H20N4O. The lowest BCUT2D eigenvalue weighted by molar-refractivity contribution is -0.126. The zero-order valence-electron chi connectivity index (χ0n) is 10.9. The van der Waals surface area contributed by atoms with E-state index < -0.39 is 5.54 Å². The maximum atomic E-state index is 12.3. The first-order valence-corrected chi connectivity index (χ1v) is 6.29. The summed E-state index contributed by atoms with van der Waals surface area (Å²) < 4.78 is 0. The van der Waals surface area contributed by atoms with E-state index in [1.807, 2.05) is 26.0 Å². The lowest BCUT2D eigenvalue weighted by Gasteiger charge is -2.39. The van der Waals surface area contributed by atoms with E-state index >= 15 is 0 Å². The van der Waals surface area contributed by atoms with Gasteiger partial charge in [0.15, 0.2) is 0 Å². The smallest absolute Gasteiger partial charge is 0.245 e. The van der Waals surface area contributed by atoms with Crippen LogP contribution in [0, 0.1) is 0 Å². The number of nitrogens with zero attached hydrogens (tertiary/aromatic N) is 2. The van der Waals surface area contributed by atoms with Gasteiger partial charge in [-0.3, -0.25) is 9.69 Å². The maximum absolute atomic E-state index is 12.3. The summed E-state index contributed by atoms with van der Waals surface area (Å²) in [6.45, 7) is 7.55. The summed E-state index contributed by atoms with van der Waals surface area (Å²) in [7, 11) is 0. The number of rotatable bonds is 3. The van der Waals surface area contributed by atoms with E-state index in [2.05, 4.69) is 20.5 Å². The van der Waals surface area contributed by atoms with E-state index in [0.717, 1.165) is 26.2 Å². The van der Waals surface area contributed by atoms with Gasteiger partial charge in [-0.05, 0) is 26.0 Å². The van der Waals surface area contributed by atoms with Gasteiger partial charge < -0.3 is 10.6 Å². The van der Waals surface area contributed by atoms with Crippen molar-refractivity contribution in [2.45, 2.75) is 19.4 Å². The molecule has 0 bridgehead atoms. The van der Waals surface area contributed by atoms with E-state index in [9.17, 15) is 4.79 Å². The first-order chi connectivity index (χ1) is 8.60. The topological polar surface area (TPSA) is 57.3 Å². The Morgan fingerprint density at radius 2 is 2.11 bits per heavy atom. The highest BCUT2D eigenvalue weighted by molar-refractivity contribution is 5.96. The molecule has 98 valence electrons. The minimum atomic E-state index is -0.514. The van der Waals surface area contributed by atoms with E-state index in [1.54, 1.807) is 12.3 Å². The lowest BCUT2D eigenvalue weighted by atomic mass is 10.0. The van der Waals surface area contributed by atoms with Gasteiger partial charge >= 0.3 is 0 Å². The normalized spacial score (nSPS) is 17.4. The van der Waals surface area contributed by atoms with Crippen molar-refractivity contribution in [1.29, 1.82) is 0 Å². The molecule has 1 aliphatic rings. The minimum absolute atomic E-state index is 0.0110. The number of piperazine rings is 1. The molecule has 5 heteroatoms. The molecule has 1 aliphatic heterocycles. The highest BCUT2D eigenvalue weighted by atomic mass is 16.2. The second kappa shape index (κ2) is 5.46. The summed E-state index contributed by atoms with van der Waals surface area (Å²) in [6, 6.07) is 5.49. The van der Waals surface area contributed by atoms with Crippen LogP contribution in [-0.2, 0) is 4.79 Å². The zero-order chi connectivity index (χ0) is 13.0. The molecule has 1 fully saturated rings. The fourth-order valence-corrected chi connectivity index (χ4v) is 2.07. The van der Waals surface area contributed by atoms with Gasteiger partial charge in [-0.1, -0.05) is 6.07 Å². The van der Waals surface area contributed by atoms with Gasteiger partial charge in [0.05, 0.1) is 5.54 Å². The number of aromatic nitrogens is 1. The number of amides is 1. The Kier molecular flexibility index (Phi) is 3.93. The molecule has 1 amide bonds. The molecule has 0 aliphatic carbocycles. The Morgan fingerprint density at radius 1 is 1.39 bits per heavy atom. The van der Waals surface area contributed by atoms with Crippen molar-refractivity contribution >= 4 is 11.7 Å². The number of anilines is 1. The van der Waals surface area contributed by atoms with Gasteiger partial charge in [0.1, 0.15) is 5.82 Å². The number of carbonyl (C=O) groups is 1. The van der Waals surface area contributed by atoms with Crippen LogP contribution in [-0.4, -0.2) is 47.5 Å². The second-order valence-corrected chi connectivity index (χ2v) is 4.97. The van der Waals surface area contributed by atoms with E-state index in [4.69, 9.17) is 0 Å². The largest absolute Gasteiger partial charge is 0.314 e. The van der Waals surface area contributed by atoms with Gasteiger partial charge in [0.25, 0.3) is 0 Å². The van der Waals surface area contributed by atoms with Gasteiger partial charge in [0.2, 0.25) is 5.91 Å².